The minimum absolute atomic E-state index is 0.606. The summed E-state index contributed by atoms with van der Waals surface area (Å²) < 4.78 is 5.54. The number of carboxylic acids is 1. The van der Waals surface area contributed by atoms with Crippen molar-refractivity contribution in [3.05, 3.63) is 24.3 Å². The van der Waals surface area contributed by atoms with Crippen LogP contribution in [0.25, 0.3) is 0 Å². The van der Waals surface area contributed by atoms with E-state index < -0.39 is 12.0 Å². The Kier molecular flexibility index (Phi) is 5.45. The van der Waals surface area contributed by atoms with E-state index in [1.807, 2.05) is 43.3 Å². The van der Waals surface area contributed by atoms with E-state index in [1.165, 1.54) is 0 Å². The fourth-order valence-electron chi connectivity index (χ4n) is 1.31. The van der Waals surface area contributed by atoms with Gasteiger partial charge in [0.15, 0.2) is 0 Å². The Bertz CT molecular complexity index is 376. The van der Waals surface area contributed by atoms with Crippen molar-refractivity contribution in [2.75, 3.05) is 32.6 Å². The molecule has 0 fully saturated rings. The van der Waals surface area contributed by atoms with Crippen LogP contribution in [-0.4, -0.2) is 49.3 Å². The number of nitrogens with zero attached hydrogens (tertiary/aromatic N) is 1. The van der Waals surface area contributed by atoms with Gasteiger partial charge in [-0.25, -0.2) is 0 Å². The summed E-state index contributed by atoms with van der Waals surface area (Å²) in [5.74, 6) is -0.0910. The molecule has 1 rings (SSSR count). The van der Waals surface area contributed by atoms with Gasteiger partial charge in [-0.2, -0.15) is 0 Å². The van der Waals surface area contributed by atoms with Gasteiger partial charge in [0, 0.05) is 12.2 Å². The van der Waals surface area contributed by atoms with E-state index in [0.717, 1.165) is 18.0 Å². The van der Waals surface area contributed by atoms with E-state index in [4.69, 9.17) is 9.84 Å². The molecule has 1 unspecified atom stereocenters. The van der Waals surface area contributed by atoms with E-state index in [9.17, 15) is 4.79 Å². The number of ether oxygens (including phenoxy) is 1. The number of benzene rings is 1. The first-order chi connectivity index (χ1) is 8.49. The van der Waals surface area contributed by atoms with Crippen LogP contribution in [0.1, 0.15) is 6.92 Å². The molecule has 0 radical (unpaired) electrons. The molecule has 0 heterocycles. The molecule has 0 aliphatic rings. The number of rotatable bonds is 7. The van der Waals surface area contributed by atoms with Crippen molar-refractivity contribution in [3.63, 3.8) is 0 Å². The van der Waals surface area contributed by atoms with Crippen LogP contribution in [0.15, 0.2) is 24.3 Å². The maximum absolute atomic E-state index is 10.7. The van der Waals surface area contributed by atoms with Gasteiger partial charge < -0.3 is 20.1 Å². The lowest BCUT2D eigenvalue weighted by Gasteiger charge is -2.13. The Balaban J connectivity index is 2.44. The highest BCUT2D eigenvalue weighted by Gasteiger charge is 2.09. The molecular weight excluding hydrogens is 232 g/mol. The molecule has 2 N–H and O–H groups in total. The molecule has 5 heteroatoms. The molecule has 0 aromatic heterocycles. The van der Waals surface area contributed by atoms with Gasteiger partial charge in [0.1, 0.15) is 18.4 Å². The molecule has 0 bridgehead atoms. The van der Waals surface area contributed by atoms with Crippen molar-refractivity contribution in [2.45, 2.75) is 13.0 Å². The van der Waals surface area contributed by atoms with Crippen molar-refractivity contribution in [3.8, 4) is 5.75 Å². The number of aliphatic carboxylic acids is 1. The van der Waals surface area contributed by atoms with Gasteiger partial charge >= 0.3 is 5.97 Å². The van der Waals surface area contributed by atoms with Crippen LogP contribution in [0.2, 0.25) is 0 Å². The Morgan fingerprint density at radius 3 is 2.50 bits per heavy atom. The van der Waals surface area contributed by atoms with Gasteiger partial charge in [0.2, 0.25) is 0 Å². The number of hydrogen-bond acceptors (Lipinski definition) is 4. The molecule has 0 spiro atoms. The number of hydrogen-bond donors (Lipinski definition) is 2. The minimum Gasteiger partial charge on any atom is -0.492 e. The summed E-state index contributed by atoms with van der Waals surface area (Å²) in [6, 6.07) is 6.67. The van der Waals surface area contributed by atoms with E-state index in [1.54, 1.807) is 6.92 Å². The van der Waals surface area contributed by atoms with E-state index in [-0.39, 0.29) is 0 Å². The van der Waals surface area contributed by atoms with Crippen LogP contribution < -0.4 is 10.1 Å². The van der Waals surface area contributed by atoms with Crippen LogP contribution in [0, 0.1) is 0 Å². The maximum atomic E-state index is 10.7. The highest BCUT2D eigenvalue weighted by Crippen LogP contribution is 2.16. The van der Waals surface area contributed by atoms with Crippen molar-refractivity contribution in [2.24, 2.45) is 0 Å². The van der Waals surface area contributed by atoms with Gasteiger partial charge in [-0.1, -0.05) is 0 Å². The van der Waals surface area contributed by atoms with E-state index in [2.05, 4.69) is 5.32 Å². The fraction of sp³-hybridized carbons (Fsp3) is 0.462. The summed E-state index contributed by atoms with van der Waals surface area (Å²) in [7, 11) is 3.98. The van der Waals surface area contributed by atoms with Crippen LogP contribution in [0.5, 0.6) is 5.75 Å². The maximum Gasteiger partial charge on any atom is 0.325 e. The second-order valence-electron chi connectivity index (χ2n) is 4.38. The molecule has 100 valence electrons. The Morgan fingerprint density at radius 1 is 1.39 bits per heavy atom. The van der Waals surface area contributed by atoms with Gasteiger partial charge in [-0.05, 0) is 45.3 Å². The molecule has 0 saturated heterocycles. The second-order valence-corrected chi connectivity index (χ2v) is 4.38. The van der Waals surface area contributed by atoms with Crippen molar-refractivity contribution < 1.29 is 14.6 Å². The highest BCUT2D eigenvalue weighted by atomic mass is 16.5. The standard InChI is InChI=1S/C13H20N2O3/c1-10(13(16)17)14-11-4-6-12(7-5-11)18-9-8-15(2)3/h4-7,10,14H,8-9H2,1-3H3,(H,16,17). The van der Waals surface area contributed by atoms with Gasteiger partial charge in [0.05, 0.1) is 0 Å². The zero-order valence-corrected chi connectivity index (χ0v) is 11.0. The SMILES string of the molecule is CC(Nc1ccc(OCCN(C)C)cc1)C(=O)O. The minimum atomic E-state index is -0.874. The molecule has 0 saturated carbocycles. The van der Waals surface area contributed by atoms with Gasteiger partial charge in [0.25, 0.3) is 0 Å². The monoisotopic (exact) mass is 252 g/mol. The third-order valence-electron chi connectivity index (χ3n) is 2.42. The molecule has 1 aromatic carbocycles. The molecule has 18 heavy (non-hydrogen) atoms. The summed E-state index contributed by atoms with van der Waals surface area (Å²) in [6.45, 7) is 3.09. The first-order valence-electron chi connectivity index (χ1n) is 5.86. The Morgan fingerprint density at radius 2 is 2.00 bits per heavy atom. The van der Waals surface area contributed by atoms with Crippen molar-refractivity contribution in [1.29, 1.82) is 0 Å². The van der Waals surface area contributed by atoms with E-state index in [0.29, 0.717) is 6.61 Å². The summed E-state index contributed by atoms with van der Waals surface area (Å²) in [5.41, 5.74) is 0.768. The third-order valence-corrected chi connectivity index (χ3v) is 2.42. The Labute approximate surface area is 107 Å². The molecule has 0 aliphatic heterocycles. The normalized spacial score (nSPS) is 12.2. The van der Waals surface area contributed by atoms with Crippen molar-refractivity contribution >= 4 is 11.7 Å². The molecule has 1 atom stereocenters. The van der Waals surface area contributed by atoms with Crippen LogP contribution >= 0.6 is 0 Å². The number of carbonyl (C=O) groups is 1. The summed E-state index contributed by atoms with van der Waals surface area (Å²) in [6.07, 6.45) is 0. The van der Waals surface area contributed by atoms with Crippen LogP contribution in [-0.2, 0) is 4.79 Å². The summed E-state index contributed by atoms with van der Waals surface area (Å²) in [5, 5.41) is 11.7. The number of likely N-dealkylation sites (N-methyl/N-ethyl adjacent to an activating group) is 1. The fourth-order valence-corrected chi connectivity index (χ4v) is 1.31. The quantitative estimate of drug-likeness (QED) is 0.770. The predicted molar refractivity (Wildman–Crippen MR) is 71.2 cm³/mol. The largest absolute Gasteiger partial charge is 0.492 e. The van der Waals surface area contributed by atoms with Gasteiger partial charge in [-0.15, -0.1) is 0 Å². The number of anilines is 1. The van der Waals surface area contributed by atoms with Crippen molar-refractivity contribution in [1.82, 2.24) is 4.90 Å². The lowest BCUT2D eigenvalue weighted by atomic mass is 10.2. The smallest absolute Gasteiger partial charge is 0.325 e. The van der Waals surface area contributed by atoms with E-state index >= 15 is 0 Å². The molecule has 0 aliphatic carbocycles. The first kappa shape index (κ1) is 14.3. The summed E-state index contributed by atoms with van der Waals surface area (Å²) in [4.78, 5) is 12.7. The lowest BCUT2D eigenvalue weighted by Crippen LogP contribution is -2.25. The number of carboxylic acid groups (broad SMARTS) is 1. The second kappa shape index (κ2) is 6.86. The van der Waals surface area contributed by atoms with Crippen LogP contribution in [0.4, 0.5) is 5.69 Å². The molecular formula is C13H20N2O3. The molecule has 1 aromatic rings. The zero-order chi connectivity index (χ0) is 13.5. The molecule has 5 nitrogen and oxygen atoms in total. The topological polar surface area (TPSA) is 61.8 Å². The lowest BCUT2D eigenvalue weighted by molar-refractivity contribution is -0.137. The van der Waals surface area contributed by atoms with Crippen LogP contribution in [0.3, 0.4) is 0 Å². The third kappa shape index (κ3) is 5.05. The first-order valence-corrected chi connectivity index (χ1v) is 5.86. The van der Waals surface area contributed by atoms with Gasteiger partial charge in [-0.3, -0.25) is 4.79 Å². The predicted octanol–water partition coefficient (Wildman–Crippen LogP) is 1.51. The Hall–Kier alpha value is -1.75. The average molecular weight is 252 g/mol. The average Bonchev–Trinajstić information content (AvgIpc) is 2.30. The summed E-state index contributed by atoms with van der Waals surface area (Å²) >= 11 is 0. The zero-order valence-electron chi connectivity index (χ0n) is 11.0. The highest BCUT2D eigenvalue weighted by molar-refractivity contribution is 5.76. The molecule has 0 amide bonds. The number of nitrogens with one attached hydrogen (secondary N) is 1.